The third-order valence-corrected chi connectivity index (χ3v) is 7.26. The summed E-state index contributed by atoms with van der Waals surface area (Å²) in [6, 6.07) is 7.10. The highest BCUT2D eigenvalue weighted by molar-refractivity contribution is 7.92. The number of nitrogens with zero attached hydrogens (tertiary/aromatic N) is 3. The number of aromatic nitrogens is 2. The van der Waals surface area contributed by atoms with Gasteiger partial charge in [-0.2, -0.15) is 0 Å². The predicted molar refractivity (Wildman–Crippen MR) is 120 cm³/mol. The molecule has 11 heteroatoms. The number of imide groups is 1. The second-order valence-corrected chi connectivity index (χ2v) is 10.1. The topological polar surface area (TPSA) is 138 Å². The van der Waals surface area contributed by atoms with Crippen LogP contribution in [0.5, 0.6) is 0 Å². The predicted octanol–water partition coefficient (Wildman–Crippen LogP) is 2.01. The first kappa shape index (κ1) is 22.8. The molecule has 1 aliphatic heterocycles. The number of anilines is 2. The van der Waals surface area contributed by atoms with Crippen LogP contribution in [0.3, 0.4) is 0 Å². The first-order chi connectivity index (χ1) is 15.6. The number of hydrogen-bond acceptors (Lipinski definition) is 7. The molecular formula is C22H25N5O5S. The first-order valence-corrected chi connectivity index (χ1v) is 12.2. The number of nitrogens with one attached hydrogen (secondary N) is 2. The minimum Gasteiger partial charge on any atom is -0.325 e. The van der Waals surface area contributed by atoms with Gasteiger partial charge in [-0.3, -0.25) is 24.0 Å². The Morgan fingerprint density at radius 2 is 1.64 bits per heavy atom. The smallest absolute Gasteiger partial charge is 0.263 e. The van der Waals surface area contributed by atoms with Crippen molar-refractivity contribution >= 4 is 39.3 Å². The van der Waals surface area contributed by atoms with Gasteiger partial charge in [0, 0.05) is 17.4 Å². The zero-order valence-corrected chi connectivity index (χ0v) is 19.2. The van der Waals surface area contributed by atoms with Gasteiger partial charge in [0.15, 0.2) is 0 Å². The lowest BCUT2D eigenvalue weighted by atomic mass is 9.81. The molecule has 33 heavy (non-hydrogen) atoms. The number of hydrogen-bond donors (Lipinski definition) is 2. The van der Waals surface area contributed by atoms with Crippen LogP contribution in [-0.4, -0.2) is 47.6 Å². The van der Waals surface area contributed by atoms with E-state index in [1.807, 2.05) is 0 Å². The van der Waals surface area contributed by atoms with E-state index in [9.17, 15) is 22.8 Å². The van der Waals surface area contributed by atoms with E-state index in [0.29, 0.717) is 30.0 Å². The third kappa shape index (κ3) is 4.87. The van der Waals surface area contributed by atoms with Gasteiger partial charge in [0.2, 0.25) is 17.7 Å². The summed E-state index contributed by atoms with van der Waals surface area (Å²) in [5.74, 6) is -1.07. The number of aryl methyl sites for hydroxylation is 2. The van der Waals surface area contributed by atoms with Crippen LogP contribution in [0.1, 0.15) is 37.2 Å². The second-order valence-electron chi connectivity index (χ2n) is 8.38. The number of sulfonamides is 1. The SMILES string of the molecule is Cc1cc(NS(=O)(=O)c2ccc(NC(=O)CN3C(=O)[C@H]4CCCC[C@@H]4C3=O)cc2)nc(C)n1. The van der Waals surface area contributed by atoms with Gasteiger partial charge in [-0.05, 0) is 51.0 Å². The van der Waals surface area contributed by atoms with E-state index >= 15 is 0 Å². The van der Waals surface area contributed by atoms with E-state index in [-0.39, 0.29) is 40.9 Å². The van der Waals surface area contributed by atoms with Crippen molar-refractivity contribution in [3.05, 3.63) is 41.9 Å². The molecule has 3 amide bonds. The molecule has 4 rings (SSSR count). The minimum atomic E-state index is -3.89. The summed E-state index contributed by atoms with van der Waals surface area (Å²) in [4.78, 5) is 46.7. The summed E-state index contributed by atoms with van der Waals surface area (Å²) in [6.07, 6.45) is 3.21. The second kappa shape index (κ2) is 8.89. The average molecular weight is 472 g/mol. The van der Waals surface area contributed by atoms with Crippen LogP contribution in [0.25, 0.3) is 0 Å². The molecule has 0 unspecified atom stereocenters. The number of amides is 3. The lowest BCUT2D eigenvalue weighted by molar-refractivity contribution is -0.142. The maximum atomic E-state index is 12.6. The van der Waals surface area contributed by atoms with E-state index in [1.54, 1.807) is 13.8 Å². The summed E-state index contributed by atoms with van der Waals surface area (Å²) in [5, 5.41) is 2.61. The molecule has 1 aromatic carbocycles. The Morgan fingerprint density at radius 3 is 2.21 bits per heavy atom. The van der Waals surface area contributed by atoms with E-state index < -0.39 is 15.9 Å². The Bertz CT molecular complexity index is 1170. The molecule has 2 aromatic rings. The van der Waals surface area contributed by atoms with Gasteiger partial charge in [-0.1, -0.05) is 12.8 Å². The Balaban J connectivity index is 1.39. The lowest BCUT2D eigenvalue weighted by Gasteiger charge is -2.19. The van der Waals surface area contributed by atoms with Crippen molar-refractivity contribution in [2.45, 2.75) is 44.4 Å². The molecule has 1 saturated carbocycles. The van der Waals surface area contributed by atoms with Gasteiger partial charge in [0.1, 0.15) is 18.2 Å². The zero-order chi connectivity index (χ0) is 23.8. The summed E-state index contributed by atoms with van der Waals surface area (Å²) < 4.78 is 27.7. The highest BCUT2D eigenvalue weighted by Gasteiger charge is 2.48. The molecule has 1 aliphatic carbocycles. The Kier molecular flexibility index (Phi) is 6.15. The fourth-order valence-corrected chi connectivity index (χ4v) is 5.41. The van der Waals surface area contributed by atoms with Gasteiger partial charge < -0.3 is 5.32 Å². The first-order valence-electron chi connectivity index (χ1n) is 10.7. The largest absolute Gasteiger partial charge is 0.325 e. The standard InChI is InChI=1S/C22H25N5O5S/c1-13-11-19(24-14(2)23-13)26-33(31,32)16-9-7-15(8-10-16)25-20(28)12-27-21(29)17-5-3-4-6-18(17)22(27)30/h7-11,17-18H,3-6,12H2,1-2H3,(H,25,28)(H,23,24,26)/t17-,18-/m0/s1. The molecule has 174 valence electrons. The molecule has 2 heterocycles. The molecular weight excluding hydrogens is 446 g/mol. The molecule has 10 nitrogen and oxygen atoms in total. The quantitative estimate of drug-likeness (QED) is 0.615. The highest BCUT2D eigenvalue weighted by Crippen LogP contribution is 2.37. The Hall–Kier alpha value is -3.34. The van der Waals surface area contributed by atoms with Gasteiger partial charge in [0.25, 0.3) is 10.0 Å². The number of rotatable bonds is 6. The van der Waals surface area contributed by atoms with Crippen molar-refractivity contribution in [1.29, 1.82) is 0 Å². The van der Waals surface area contributed by atoms with Gasteiger partial charge in [-0.25, -0.2) is 18.4 Å². The molecule has 2 fully saturated rings. The van der Waals surface area contributed by atoms with Crippen molar-refractivity contribution in [1.82, 2.24) is 14.9 Å². The van der Waals surface area contributed by atoms with Crippen molar-refractivity contribution in [2.75, 3.05) is 16.6 Å². The van der Waals surface area contributed by atoms with Gasteiger partial charge >= 0.3 is 0 Å². The van der Waals surface area contributed by atoms with Crippen LogP contribution in [0.2, 0.25) is 0 Å². The van der Waals surface area contributed by atoms with Gasteiger partial charge in [0.05, 0.1) is 16.7 Å². The Morgan fingerprint density at radius 1 is 1.03 bits per heavy atom. The van der Waals surface area contributed by atoms with Crippen LogP contribution in [0.4, 0.5) is 11.5 Å². The van der Waals surface area contributed by atoms with E-state index in [4.69, 9.17) is 0 Å². The maximum Gasteiger partial charge on any atom is 0.263 e. The van der Waals surface area contributed by atoms with Crippen molar-refractivity contribution in [2.24, 2.45) is 11.8 Å². The van der Waals surface area contributed by atoms with Crippen LogP contribution >= 0.6 is 0 Å². The van der Waals surface area contributed by atoms with E-state index in [0.717, 1.165) is 17.7 Å². The molecule has 0 spiro atoms. The highest BCUT2D eigenvalue weighted by atomic mass is 32.2. The van der Waals surface area contributed by atoms with Gasteiger partial charge in [-0.15, -0.1) is 0 Å². The summed E-state index contributed by atoms with van der Waals surface area (Å²) >= 11 is 0. The monoisotopic (exact) mass is 471 g/mol. The lowest BCUT2D eigenvalue weighted by Crippen LogP contribution is -2.38. The summed E-state index contributed by atoms with van der Waals surface area (Å²) in [5.41, 5.74) is 0.983. The third-order valence-electron chi connectivity index (χ3n) is 5.89. The fraction of sp³-hybridized carbons (Fsp3) is 0.409. The molecule has 0 radical (unpaired) electrons. The Labute approximate surface area is 191 Å². The molecule has 2 N–H and O–H groups in total. The molecule has 2 aliphatic rings. The van der Waals surface area contributed by atoms with Crippen LogP contribution in [0.15, 0.2) is 35.2 Å². The van der Waals surface area contributed by atoms with E-state index in [2.05, 4.69) is 20.0 Å². The summed E-state index contributed by atoms with van der Waals surface area (Å²) in [7, 11) is -3.89. The van der Waals surface area contributed by atoms with Crippen LogP contribution in [0, 0.1) is 25.7 Å². The number of fused-ring (bicyclic) bond motifs is 1. The number of benzene rings is 1. The normalized spacial score (nSPS) is 20.5. The molecule has 2 atom stereocenters. The van der Waals surface area contributed by atoms with Crippen molar-refractivity contribution < 1.29 is 22.8 Å². The number of likely N-dealkylation sites (tertiary alicyclic amines) is 1. The van der Waals surface area contributed by atoms with Crippen molar-refractivity contribution in [3.8, 4) is 0 Å². The zero-order valence-electron chi connectivity index (χ0n) is 18.4. The molecule has 1 aromatic heterocycles. The average Bonchev–Trinajstić information content (AvgIpc) is 2.98. The maximum absolute atomic E-state index is 12.6. The molecule has 0 bridgehead atoms. The van der Waals surface area contributed by atoms with Crippen LogP contribution < -0.4 is 10.0 Å². The minimum absolute atomic E-state index is 0.0107. The summed E-state index contributed by atoms with van der Waals surface area (Å²) in [6.45, 7) is 3.05. The molecule has 1 saturated heterocycles. The fourth-order valence-electron chi connectivity index (χ4n) is 4.41. The van der Waals surface area contributed by atoms with Crippen LogP contribution in [-0.2, 0) is 24.4 Å². The van der Waals surface area contributed by atoms with Crippen molar-refractivity contribution in [3.63, 3.8) is 0 Å². The number of carbonyl (C=O) groups excluding carboxylic acids is 3. The number of carbonyl (C=O) groups is 3. The van der Waals surface area contributed by atoms with E-state index in [1.165, 1.54) is 30.3 Å².